The molecular formula is C8H9BrN2O3. The molecule has 76 valence electrons. The predicted octanol–water partition coefficient (Wildman–Crippen LogP) is 1.05. The van der Waals surface area contributed by atoms with Crippen LogP contribution in [0, 0.1) is 12.8 Å². The molecule has 1 aromatic rings. The van der Waals surface area contributed by atoms with Crippen LogP contribution in [0.15, 0.2) is 4.47 Å². The number of aromatic nitrogens is 2. The van der Waals surface area contributed by atoms with Gasteiger partial charge in [-0.05, 0) is 22.9 Å². The summed E-state index contributed by atoms with van der Waals surface area (Å²) in [4.78, 5) is 10.7. The maximum absolute atomic E-state index is 10.7. The quantitative estimate of drug-likeness (QED) is 0.820. The maximum Gasteiger partial charge on any atom is 0.311 e. The lowest BCUT2D eigenvalue weighted by atomic mass is 10.1. The molecule has 1 aromatic heterocycles. The molecule has 0 aliphatic carbocycles. The molecule has 0 bridgehead atoms. The number of rotatable bonds is 1. The Morgan fingerprint density at radius 3 is 3.14 bits per heavy atom. The second kappa shape index (κ2) is 3.27. The Hall–Kier alpha value is -1.04. The van der Waals surface area contributed by atoms with Gasteiger partial charge in [-0.1, -0.05) is 0 Å². The fourth-order valence-electron chi connectivity index (χ4n) is 1.39. The number of ether oxygens (including phenoxy) is 1. The lowest BCUT2D eigenvalue weighted by molar-refractivity contribution is -0.144. The summed E-state index contributed by atoms with van der Waals surface area (Å²) in [5, 5.41) is 13.0. The molecule has 0 saturated carbocycles. The normalized spacial score (nSPS) is 20.0. The molecule has 2 heterocycles. The van der Waals surface area contributed by atoms with Crippen molar-refractivity contribution in [3.05, 3.63) is 10.2 Å². The number of carboxylic acid groups (broad SMARTS) is 1. The molecule has 1 N–H and O–H groups in total. The highest BCUT2D eigenvalue weighted by molar-refractivity contribution is 9.10. The zero-order valence-electron chi connectivity index (χ0n) is 7.53. The first kappa shape index (κ1) is 9.51. The van der Waals surface area contributed by atoms with Crippen molar-refractivity contribution in [2.75, 3.05) is 6.61 Å². The molecule has 1 aliphatic rings. The van der Waals surface area contributed by atoms with Crippen molar-refractivity contribution in [2.45, 2.75) is 13.5 Å². The molecule has 1 aliphatic heterocycles. The van der Waals surface area contributed by atoms with Crippen molar-refractivity contribution in [3.8, 4) is 5.88 Å². The number of hydrogen-bond acceptors (Lipinski definition) is 3. The molecule has 0 fully saturated rings. The van der Waals surface area contributed by atoms with Crippen molar-refractivity contribution in [1.82, 2.24) is 9.78 Å². The van der Waals surface area contributed by atoms with Gasteiger partial charge in [-0.3, -0.25) is 4.79 Å². The largest absolute Gasteiger partial charge is 0.481 e. The molecule has 2 rings (SSSR count). The van der Waals surface area contributed by atoms with E-state index in [0.29, 0.717) is 12.4 Å². The van der Waals surface area contributed by atoms with Crippen molar-refractivity contribution in [3.63, 3.8) is 0 Å². The number of hydrogen-bond donors (Lipinski definition) is 1. The molecule has 1 unspecified atom stereocenters. The van der Waals surface area contributed by atoms with Gasteiger partial charge in [0, 0.05) is 0 Å². The lowest BCUT2D eigenvalue weighted by Crippen LogP contribution is -2.31. The van der Waals surface area contributed by atoms with Crippen LogP contribution in [0.25, 0.3) is 0 Å². The highest BCUT2D eigenvalue weighted by atomic mass is 79.9. The monoisotopic (exact) mass is 260 g/mol. The third-order valence-electron chi connectivity index (χ3n) is 2.17. The van der Waals surface area contributed by atoms with E-state index in [1.807, 2.05) is 6.92 Å². The van der Waals surface area contributed by atoms with Gasteiger partial charge < -0.3 is 9.84 Å². The topological polar surface area (TPSA) is 64.4 Å². The number of aliphatic carboxylic acids is 1. The molecule has 0 aromatic carbocycles. The van der Waals surface area contributed by atoms with Crippen molar-refractivity contribution < 1.29 is 14.6 Å². The summed E-state index contributed by atoms with van der Waals surface area (Å²) in [6.45, 7) is 2.42. The molecule has 1 atom stereocenters. The highest BCUT2D eigenvalue weighted by Gasteiger charge is 2.28. The van der Waals surface area contributed by atoms with Crippen LogP contribution in [-0.2, 0) is 11.3 Å². The third kappa shape index (κ3) is 1.39. The number of carboxylic acids is 1. The smallest absolute Gasteiger partial charge is 0.311 e. The fraction of sp³-hybridized carbons (Fsp3) is 0.500. The van der Waals surface area contributed by atoms with E-state index in [2.05, 4.69) is 21.0 Å². The Kier molecular flexibility index (Phi) is 2.22. The Morgan fingerprint density at radius 2 is 2.50 bits per heavy atom. The Balaban J connectivity index is 2.31. The van der Waals surface area contributed by atoms with Crippen molar-refractivity contribution >= 4 is 21.9 Å². The molecule has 0 spiro atoms. The number of halogens is 1. The van der Waals surface area contributed by atoms with Gasteiger partial charge in [-0.2, -0.15) is 5.10 Å². The van der Waals surface area contributed by atoms with Gasteiger partial charge >= 0.3 is 5.97 Å². The molecule has 0 amide bonds. The Bertz CT molecular complexity index is 388. The zero-order chi connectivity index (χ0) is 10.3. The van der Waals surface area contributed by atoms with E-state index in [4.69, 9.17) is 9.84 Å². The van der Waals surface area contributed by atoms with Crippen LogP contribution in [0.3, 0.4) is 0 Å². The summed E-state index contributed by atoms with van der Waals surface area (Å²) < 4.78 is 7.71. The lowest BCUT2D eigenvalue weighted by Gasteiger charge is -2.20. The van der Waals surface area contributed by atoms with E-state index in [9.17, 15) is 4.79 Å². The fourth-order valence-corrected chi connectivity index (χ4v) is 1.79. The van der Waals surface area contributed by atoms with Crippen LogP contribution in [0.4, 0.5) is 0 Å². The maximum atomic E-state index is 10.7. The van der Waals surface area contributed by atoms with Gasteiger partial charge in [0.2, 0.25) is 5.88 Å². The van der Waals surface area contributed by atoms with E-state index in [1.165, 1.54) is 0 Å². The first-order chi connectivity index (χ1) is 6.59. The summed E-state index contributed by atoms with van der Waals surface area (Å²) in [7, 11) is 0. The van der Waals surface area contributed by atoms with Gasteiger partial charge in [-0.15, -0.1) is 0 Å². The minimum atomic E-state index is -0.847. The van der Waals surface area contributed by atoms with Crippen LogP contribution in [0.1, 0.15) is 5.69 Å². The molecule has 0 saturated heterocycles. The molecule has 0 radical (unpaired) electrons. The SMILES string of the molecule is Cc1nn2c(c1Br)OCC(C(=O)O)C2. The summed E-state index contributed by atoms with van der Waals surface area (Å²) in [5.74, 6) is -0.728. The van der Waals surface area contributed by atoms with E-state index >= 15 is 0 Å². The van der Waals surface area contributed by atoms with E-state index in [-0.39, 0.29) is 6.61 Å². The zero-order valence-corrected chi connectivity index (χ0v) is 9.11. The molecule has 14 heavy (non-hydrogen) atoms. The summed E-state index contributed by atoms with van der Waals surface area (Å²) in [6, 6.07) is 0. The minimum Gasteiger partial charge on any atom is -0.481 e. The highest BCUT2D eigenvalue weighted by Crippen LogP contribution is 2.31. The van der Waals surface area contributed by atoms with Crippen LogP contribution in [0.2, 0.25) is 0 Å². The second-order valence-corrected chi connectivity index (χ2v) is 4.03. The van der Waals surface area contributed by atoms with Crippen LogP contribution < -0.4 is 4.74 Å². The second-order valence-electron chi connectivity index (χ2n) is 3.23. The average Bonchev–Trinajstić information content (AvgIpc) is 2.42. The van der Waals surface area contributed by atoms with Gasteiger partial charge in [0.15, 0.2) is 0 Å². The first-order valence-electron chi connectivity index (χ1n) is 4.18. The summed E-state index contributed by atoms with van der Waals surface area (Å²) in [6.07, 6.45) is 0. The average molecular weight is 261 g/mol. The van der Waals surface area contributed by atoms with Gasteiger partial charge in [-0.25, -0.2) is 4.68 Å². The Morgan fingerprint density at radius 1 is 1.79 bits per heavy atom. The van der Waals surface area contributed by atoms with Crippen LogP contribution in [-0.4, -0.2) is 27.5 Å². The molecule has 5 nitrogen and oxygen atoms in total. The number of fused-ring (bicyclic) bond motifs is 1. The minimum absolute atomic E-state index is 0.207. The van der Waals surface area contributed by atoms with Gasteiger partial charge in [0.25, 0.3) is 0 Å². The van der Waals surface area contributed by atoms with Crippen LogP contribution in [0.5, 0.6) is 5.88 Å². The molecule has 6 heteroatoms. The number of nitrogens with zero attached hydrogens (tertiary/aromatic N) is 2. The predicted molar refractivity (Wildman–Crippen MR) is 51.3 cm³/mol. The number of aryl methyl sites for hydroxylation is 1. The Labute approximate surface area is 88.8 Å². The van der Waals surface area contributed by atoms with Crippen molar-refractivity contribution in [1.29, 1.82) is 0 Å². The molecular weight excluding hydrogens is 252 g/mol. The first-order valence-corrected chi connectivity index (χ1v) is 4.97. The summed E-state index contributed by atoms with van der Waals surface area (Å²) >= 11 is 3.34. The van der Waals surface area contributed by atoms with Gasteiger partial charge in [0.1, 0.15) is 17.0 Å². The number of carbonyl (C=O) groups is 1. The van der Waals surface area contributed by atoms with Gasteiger partial charge in [0.05, 0.1) is 12.2 Å². The van der Waals surface area contributed by atoms with E-state index < -0.39 is 11.9 Å². The van der Waals surface area contributed by atoms with E-state index in [1.54, 1.807) is 4.68 Å². The third-order valence-corrected chi connectivity index (χ3v) is 3.09. The van der Waals surface area contributed by atoms with Crippen LogP contribution >= 0.6 is 15.9 Å². The van der Waals surface area contributed by atoms with E-state index in [0.717, 1.165) is 10.2 Å². The van der Waals surface area contributed by atoms with Crippen molar-refractivity contribution in [2.24, 2.45) is 5.92 Å². The standard InChI is InChI=1S/C8H9BrN2O3/c1-4-6(9)7-11(10-4)2-5(3-14-7)8(12)13/h5H,2-3H2,1H3,(H,12,13). The summed E-state index contributed by atoms with van der Waals surface area (Å²) in [5.41, 5.74) is 0.811.